The third-order valence-corrected chi connectivity index (χ3v) is 10.1. The molecule has 2 aliphatic heterocycles. The fourth-order valence-electron chi connectivity index (χ4n) is 8.41. The van der Waals surface area contributed by atoms with Gasteiger partial charge >= 0.3 is 0 Å². The van der Waals surface area contributed by atoms with Gasteiger partial charge in [0.1, 0.15) is 0 Å². The summed E-state index contributed by atoms with van der Waals surface area (Å²) < 4.78 is 2.70. The summed E-state index contributed by atoms with van der Waals surface area (Å²) in [6.07, 6.45) is 7.26. The summed E-state index contributed by atoms with van der Waals surface area (Å²) in [5.74, 6) is 0.333. The number of hydrogen-bond acceptors (Lipinski definition) is 0. The number of allylic oxidation sites excluding steroid dienone is 4. The summed E-state index contributed by atoms with van der Waals surface area (Å²) in [7, 11) is 0. The molecular formula is C35H30BN. The first kappa shape index (κ1) is 21.3. The number of benzene rings is 4. The minimum absolute atomic E-state index is 0.148. The third-order valence-electron chi connectivity index (χ3n) is 10.1. The monoisotopic (exact) mass is 475 g/mol. The van der Waals surface area contributed by atoms with Crippen LogP contribution in [0.5, 0.6) is 0 Å². The molecule has 0 bridgehead atoms. The first-order valence-electron chi connectivity index (χ1n) is 13.5. The molecule has 1 aliphatic carbocycles. The molecule has 0 radical (unpaired) electrons. The summed E-state index contributed by atoms with van der Waals surface area (Å²) in [6, 6.07) is 31.9. The molecule has 3 aliphatic rings. The van der Waals surface area contributed by atoms with E-state index in [0.717, 1.165) is 0 Å². The van der Waals surface area contributed by atoms with Gasteiger partial charge in [0.2, 0.25) is 6.71 Å². The van der Waals surface area contributed by atoms with Crippen molar-refractivity contribution >= 4 is 39.3 Å². The molecule has 178 valence electrons. The summed E-state index contributed by atoms with van der Waals surface area (Å²) >= 11 is 0. The van der Waals surface area contributed by atoms with E-state index in [2.05, 4.69) is 135 Å². The van der Waals surface area contributed by atoms with Gasteiger partial charge in [0.15, 0.2) is 0 Å². The molecule has 3 atom stereocenters. The zero-order valence-electron chi connectivity index (χ0n) is 21.9. The van der Waals surface area contributed by atoms with Gasteiger partial charge in [-0.3, -0.25) is 0 Å². The third kappa shape index (κ3) is 2.38. The number of rotatable bonds is 1. The van der Waals surface area contributed by atoms with Gasteiger partial charge in [0.05, 0.1) is 5.54 Å². The van der Waals surface area contributed by atoms with Crippen molar-refractivity contribution in [3.8, 4) is 0 Å². The van der Waals surface area contributed by atoms with Gasteiger partial charge in [-0.25, -0.2) is 0 Å². The van der Waals surface area contributed by atoms with Crippen LogP contribution in [0.15, 0.2) is 109 Å². The molecule has 8 rings (SSSR count). The average Bonchev–Trinajstić information content (AvgIpc) is 3.21. The van der Waals surface area contributed by atoms with Crippen LogP contribution in [0.2, 0.25) is 5.82 Å². The van der Waals surface area contributed by atoms with Crippen LogP contribution in [0.1, 0.15) is 36.2 Å². The average molecular weight is 475 g/mol. The van der Waals surface area contributed by atoms with Crippen LogP contribution in [-0.4, -0.2) is 11.3 Å². The zero-order chi connectivity index (χ0) is 25.1. The van der Waals surface area contributed by atoms with Gasteiger partial charge < -0.3 is 4.57 Å². The quantitative estimate of drug-likeness (QED) is 0.232. The Balaban J connectivity index is 1.58. The van der Waals surface area contributed by atoms with Crippen LogP contribution < -0.4 is 10.9 Å². The molecule has 0 N–H and O–H groups in total. The highest BCUT2D eigenvalue weighted by Gasteiger charge is 2.58. The lowest BCUT2D eigenvalue weighted by Crippen LogP contribution is -2.64. The SMILES string of the molecule is Cc1c(C)n2c3c(cc4ccccc4c13)B1c3ccccc3C(C)(c3ccccc3)C3=CC=CC2(C)C13. The van der Waals surface area contributed by atoms with Gasteiger partial charge in [-0.05, 0) is 66.4 Å². The molecule has 4 aromatic carbocycles. The molecule has 2 heteroatoms. The molecule has 0 fully saturated rings. The fourth-order valence-corrected chi connectivity index (χ4v) is 8.41. The van der Waals surface area contributed by atoms with E-state index in [0.29, 0.717) is 12.5 Å². The Hall–Kier alpha value is -3.78. The Bertz CT molecular complexity index is 1840. The van der Waals surface area contributed by atoms with E-state index in [-0.39, 0.29) is 11.0 Å². The first-order valence-corrected chi connectivity index (χ1v) is 13.5. The maximum absolute atomic E-state index is 2.70. The molecule has 3 heterocycles. The van der Waals surface area contributed by atoms with Gasteiger partial charge in [0.25, 0.3) is 0 Å². The Morgan fingerprint density at radius 2 is 1.54 bits per heavy atom. The second-order valence-electron chi connectivity index (χ2n) is 11.7. The van der Waals surface area contributed by atoms with Gasteiger partial charge in [-0.15, -0.1) is 0 Å². The Kier molecular flexibility index (Phi) is 4.01. The van der Waals surface area contributed by atoms with Crippen LogP contribution in [0.4, 0.5) is 0 Å². The second-order valence-corrected chi connectivity index (χ2v) is 11.7. The van der Waals surface area contributed by atoms with E-state index < -0.39 is 0 Å². The van der Waals surface area contributed by atoms with Crippen molar-refractivity contribution < 1.29 is 0 Å². The van der Waals surface area contributed by atoms with Crippen LogP contribution in [-0.2, 0) is 11.0 Å². The van der Waals surface area contributed by atoms with Crippen molar-refractivity contribution in [3.63, 3.8) is 0 Å². The van der Waals surface area contributed by atoms with Crippen LogP contribution in [0.25, 0.3) is 21.7 Å². The lowest BCUT2D eigenvalue weighted by molar-refractivity contribution is 0.378. The molecule has 3 unspecified atom stereocenters. The van der Waals surface area contributed by atoms with E-state index in [9.17, 15) is 0 Å². The minimum Gasteiger partial charge on any atom is -0.336 e. The number of aromatic nitrogens is 1. The van der Waals surface area contributed by atoms with Crippen molar-refractivity contribution in [1.29, 1.82) is 0 Å². The molecule has 0 saturated heterocycles. The zero-order valence-corrected chi connectivity index (χ0v) is 21.9. The van der Waals surface area contributed by atoms with E-state index in [1.54, 1.807) is 0 Å². The van der Waals surface area contributed by atoms with Crippen molar-refractivity contribution in [3.05, 3.63) is 131 Å². The summed E-state index contributed by atoms with van der Waals surface area (Å²) in [6.45, 7) is 9.91. The second kappa shape index (κ2) is 6.95. The van der Waals surface area contributed by atoms with Crippen molar-refractivity contribution in [2.24, 2.45) is 0 Å². The molecule has 1 aromatic heterocycles. The predicted molar refractivity (Wildman–Crippen MR) is 158 cm³/mol. The number of nitrogens with zero attached hydrogens (tertiary/aromatic N) is 1. The minimum atomic E-state index is -0.186. The van der Waals surface area contributed by atoms with E-state index in [1.807, 2.05) is 0 Å². The van der Waals surface area contributed by atoms with Crippen molar-refractivity contribution in [2.45, 2.75) is 44.5 Å². The van der Waals surface area contributed by atoms with E-state index in [4.69, 9.17) is 0 Å². The largest absolute Gasteiger partial charge is 0.336 e. The highest BCUT2D eigenvalue weighted by molar-refractivity contribution is 6.90. The van der Waals surface area contributed by atoms with Crippen molar-refractivity contribution in [2.75, 3.05) is 0 Å². The van der Waals surface area contributed by atoms with Crippen LogP contribution in [0.3, 0.4) is 0 Å². The Morgan fingerprint density at radius 1 is 0.811 bits per heavy atom. The summed E-state index contributed by atoms with van der Waals surface area (Å²) in [4.78, 5) is 0. The van der Waals surface area contributed by atoms with Crippen LogP contribution in [0, 0.1) is 13.8 Å². The van der Waals surface area contributed by atoms with Gasteiger partial charge in [0, 0.05) is 22.0 Å². The molecule has 5 aromatic rings. The smallest absolute Gasteiger partial charge is 0.222 e. The normalized spacial score (nSPS) is 25.2. The summed E-state index contributed by atoms with van der Waals surface area (Å²) in [5, 5.41) is 4.15. The summed E-state index contributed by atoms with van der Waals surface area (Å²) in [5.41, 5.74) is 11.2. The highest BCUT2D eigenvalue weighted by atomic mass is 15.1. The Morgan fingerprint density at radius 3 is 2.38 bits per heavy atom. The number of aryl methyl sites for hydroxylation is 1. The van der Waals surface area contributed by atoms with Gasteiger partial charge in [-0.1, -0.05) is 114 Å². The lowest BCUT2D eigenvalue weighted by Gasteiger charge is -2.56. The molecule has 1 nitrogen and oxygen atoms in total. The maximum Gasteiger partial charge on any atom is 0.222 e. The highest BCUT2D eigenvalue weighted by Crippen LogP contribution is 2.58. The number of fused-ring (bicyclic) bond motifs is 6. The lowest BCUT2D eigenvalue weighted by atomic mass is 9.23. The molecule has 0 saturated carbocycles. The molecular weight excluding hydrogens is 445 g/mol. The fraction of sp³-hybridized carbons (Fsp3) is 0.200. The first-order chi connectivity index (χ1) is 18.0. The van der Waals surface area contributed by atoms with Crippen molar-refractivity contribution in [1.82, 2.24) is 4.57 Å². The predicted octanol–water partition coefficient (Wildman–Crippen LogP) is 6.94. The topological polar surface area (TPSA) is 4.93 Å². The Labute approximate surface area is 219 Å². The van der Waals surface area contributed by atoms with Crippen LogP contribution >= 0.6 is 0 Å². The van der Waals surface area contributed by atoms with E-state index in [1.165, 1.54) is 60.6 Å². The molecule has 0 spiro atoms. The standard InChI is InChI=1S/C35H30BN/c1-22-23(2)37-32-30(21-24-13-8-9-16-26(24)31(22)32)36-29-19-11-10-17-27(29)35(4,25-14-6-5-7-15-25)28-18-12-20-34(37,3)33(28)36/h5-21,33H,1-4H3. The van der Waals surface area contributed by atoms with E-state index >= 15 is 0 Å². The number of hydrogen-bond donors (Lipinski definition) is 0. The maximum atomic E-state index is 2.70. The molecule has 37 heavy (non-hydrogen) atoms. The van der Waals surface area contributed by atoms with Gasteiger partial charge in [-0.2, -0.15) is 0 Å². The molecule has 0 amide bonds.